The van der Waals surface area contributed by atoms with Crippen molar-refractivity contribution in [2.45, 2.75) is 6.42 Å². The summed E-state index contributed by atoms with van der Waals surface area (Å²) in [5.74, 6) is -0.239. The Morgan fingerprint density at radius 1 is 1.14 bits per heavy atom. The Morgan fingerprint density at radius 2 is 1.82 bits per heavy atom. The quantitative estimate of drug-likeness (QED) is 0.803. The van der Waals surface area contributed by atoms with Crippen LogP contribution in [-0.4, -0.2) is 25.6 Å². The van der Waals surface area contributed by atoms with E-state index in [1.165, 1.54) is 0 Å². The zero-order chi connectivity index (χ0) is 15.5. The number of carboxylic acid groups (broad SMARTS) is 1. The van der Waals surface area contributed by atoms with E-state index in [9.17, 15) is 4.79 Å². The Labute approximate surface area is 131 Å². The van der Waals surface area contributed by atoms with E-state index in [-0.39, 0.29) is 6.42 Å². The number of imidazole rings is 1. The molecule has 6 heteroatoms. The van der Waals surface area contributed by atoms with Gasteiger partial charge in [0.05, 0.1) is 17.8 Å². The van der Waals surface area contributed by atoms with Gasteiger partial charge in [-0.05, 0) is 36.4 Å². The number of rotatable bonds is 4. The van der Waals surface area contributed by atoms with Crippen molar-refractivity contribution in [3.05, 3.63) is 65.7 Å². The fourth-order valence-electron chi connectivity index (χ4n) is 2.25. The molecule has 22 heavy (non-hydrogen) atoms. The van der Waals surface area contributed by atoms with Crippen LogP contribution in [0.5, 0.6) is 0 Å². The summed E-state index contributed by atoms with van der Waals surface area (Å²) in [5.41, 5.74) is 2.27. The second-order valence-corrected chi connectivity index (χ2v) is 5.13. The number of benzene rings is 1. The maximum atomic E-state index is 11.1. The first-order valence-electron chi connectivity index (χ1n) is 6.60. The Hall–Kier alpha value is -2.66. The highest BCUT2D eigenvalue weighted by atomic mass is 35.5. The molecule has 0 radical (unpaired) electrons. The predicted molar refractivity (Wildman–Crippen MR) is 83.1 cm³/mol. The summed E-state index contributed by atoms with van der Waals surface area (Å²) in [5, 5.41) is 9.72. The summed E-state index contributed by atoms with van der Waals surface area (Å²) in [4.78, 5) is 19.4. The third-order valence-corrected chi connectivity index (χ3v) is 3.44. The molecule has 0 atom stereocenters. The number of aromatic nitrogens is 3. The maximum absolute atomic E-state index is 11.1. The van der Waals surface area contributed by atoms with Crippen molar-refractivity contribution in [3.63, 3.8) is 0 Å². The lowest BCUT2D eigenvalue weighted by molar-refractivity contribution is -0.136. The van der Waals surface area contributed by atoms with Gasteiger partial charge in [0, 0.05) is 29.2 Å². The fourth-order valence-corrected chi connectivity index (χ4v) is 2.38. The number of nitrogens with zero attached hydrogens (tertiary/aromatic N) is 3. The summed E-state index contributed by atoms with van der Waals surface area (Å²) in [7, 11) is 0. The van der Waals surface area contributed by atoms with Crippen molar-refractivity contribution in [1.82, 2.24) is 14.5 Å². The monoisotopic (exact) mass is 313 g/mol. The highest BCUT2D eigenvalue weighted by Gasteiger charge is 2.15. The third-order valence-electron chi connectivity index (χ3n) is 3.19. The molecule has 2 aromatic heterocycles. The summed E-state index contributed by atoms with van der Waals surface area (Å²) in [6, 6.07) is 10.9. The molecule has 0 spiro atoms. The van der Waals surface area contributed by atoms with Gasteiger partial charge in [-0.25, -0.2) is 4.98 Å². The number of halogens is 1. The van der Waals surface area contributed by atoms with Crippen LogP contribution < -0.4 is 0 Å². The van der Waals surface area contributed by atoms with Crippen LogP contribution in [0.1, 0.15) is 5.69 Å². The van der Waals surface area contributed by atoms with Gasteiger partial charge in [0.25, 0.3) is 0 Å². The molecule has 1 N–H and O–H groups in total. The van der Waals surface area contributed by atoms with E-state index in [4.69, 9.17) is 16.7 Å². The second-order valence-electron chi connectivity index (χ2n) is 4.69. The lowest BCUT2D eigenvalue weighted by Gasteiger charge is -2.11. The molecule has 0 aliphatic rings. The Balaban J connectivity index is 2.16. The summed E-state index contributed by atoms with van der Waals surface area (Å²) >= 11 is 5.92. The van der Waals surface area contributed by atoms with E-state index in [2.05, 4.69) is 9.97 Å². The van der Waals surface area contributed by atoms with Crippen molar-refractivity contribution in [1.29, 1.82) is 0 Å². The first kappa shape index (κ1) is 14.3. The minimum Gasteiger partial charge on any atom is -0.481 e. The number of carboxylic acids is 1. The first-order valence-corrected chi connectivity index (χ1v) is 6.97. The molecule has 110 valence electrons. The maximum Gasteiger partial charge on any atom is 0.309 e. The van der Waals surface area contributed by atoms with Crippen LogP contribution in [0, 0.1) is 0 Å². The molecule has 5 nitrogen and oxygen atoms in total. The molecular weight excluding hydrogens is 302 g/mol. The second kappa shape index (κ2) is 5.99. The molecule has 3 rings (SSSR count). The van der Waals surface area contributed by atoms with Gasteiger partial charge in [0.1, 0.15) is 5.82 Å². The average molecular weight is 314 g/mol. The molecular formula is C16H12ClN3O2. The SMILES string of the molecule is O=C(O)Cc1cnc(-c2ccc(Cl)cc2)n1-c1ccncc1. The zero-order valence-corrected chi connectivity index (χ0v) is 12.2. The fraction of sp³-hybridized carbons (Fsp3) is 0.0625. The van der Waals surface area contributed by atoms with Gasteiger partial charge in [0.15, 0.2) is 0 Å². The van der Waals surface area contributed by atoms with Crippen molar-refractivity contribution in [2.24, 2.45) is 0 Å². The van der Waals surface area contributed by atoms with Crippen LogP contribution in [0.4, 0.5) is 0 Å². The molecule has 1 aromatic carbocycles. The minimum absolute atomic E-state index is 0.108. The number of carbonyl (C=O) groups is 1. The minimum atomic E-state index is -0.905. The van der Waals surface area contributed by atoms with Crippen molar-refractivity contribution < 1.29 is 9.90 Å². The van der Waals surface area contributed by atoms with Crippen molar-refractivity contribution in [3.8, 4) is 17.1 Å². The van der Waals surface area contributed by atoms with E-state index in [0.717, 1.165) is 11.3 Å². The smallest absolute Gasteiger partial charge is 0.309 e. The number of hydrogen-bond acceptors (Lipinski definition) is 3. The first-order chi connectivity index (χ1) is 10.6. The van der Waals surface area contributed by atoms with E-state index in [1.807, 2.05) is 28.8 Å². The third kappa shape index (κ3) is 2.84. The standard InChI is InChI=1S/C16H12ClN3O2/c17-12-3-1-11(2-4-12)16-19-10-14(9-15(21)22)20(16)13-5-7-18-8-6-13/h1-8,10H,9H2,(H,21,22). The molecule has 0 aliphatic carbocycles. The summed E-state index contributed by atoms with van der Waals surface area (Å²) < 4.78 is 1.82. The lowest BCUT2D eigenvalue weighted by Crippen LogP contribution is -2.08. The van der Waals surface area contributed by atoms with Gasteiger partial charge in [0.2, 0.25) is 0 Å². The predicted octanol–water partition coefficient (Wildman–Crippen LogP) is 3.21. The van der Waals surface area contributed by atoms with Gasteiger partial charge in [-0.3, -0.25) is 14.3 Å². The highest BCUT2D eigenvalue weighted by molar-refractivity contribution is 6.30. The molecule has 0 fully saturated rings. The zero-order valence-electron chi connectivity index (χ0n) is 11.5. The van der Waals surface area contributed by atoms with Gasteiger partial charge in [-0.1, -0.05) is 11.6 Å². The van der Waals surface area contributed by atoms with E-state index in [1.54, 1.807) is 30.7 Å². The molecule has 2 heterocycles. The van der Waals surface area contributed by atoms with Gasteiger partial charge in [-0.2, -0.15) is 0 Å². The van der Waals surface area contributed by atoms with Crippen LogP contribution in [0.2, 0.25) is 5.02 Å². The van der Waals surface area contributed by atoms with Crippen LogP contribution in [0.15, 0.2) is 55.0 Å². The summed E-state index contributed by atoms with van der Waals surface area (Å²) in [6.45, 7) is 0. The molecule has 0 aliphatic heterocycles. The van der Waals surface area contributed by atoms with Crippen LogP contribution in [0.25, 0.3) is 17.1 Å². The lowest BCUT2D eigenvalue weighted by atomic mass is 10.2. The molecule has 0 bridgehead atoms. The normalized spacial score (nSPS) is 10.6. The Bertz CT molecular complexity index is 798. The molecule has 3 aromatic rings. The van der Waals surface area contributed by atoms with Crippen molar-refractivity contribution >= 4 is 17.6 Å². The average Bonchev–Trinajstić information content (AvgIpc) is 2.91. The van der Waals surface area contributed by atoms with E-state index in [0.29, 0.717) is 16.5 Å². The largest absolute Gasteiger partial charge is 0.481 e. The highest BCUT2D eigenvalue weighted by Crippen LogP contribution is 2.25. The Morgan fingerprint density at radius 3 is 2.45 bits per heavy atom. The molecule has 0 amide bonds. The molecule has 0 saturated carbocycles. The molecule has 0 unspecified atom stereocenters. The Kier molecular flexibility index (Phi) is 3.89. The van der Waals surface area contributed by atoms with E-state index < -0.39 is 5.97 Å². The van der Waals surface area contributed by atoms with Crippen molar-refractivity contribution in [2.75, 3.05) is 0 Å². The number of hydrogen-bond donors (Lipinski definition) is 1. The van der Waals surface area contributed by atoms with Gasteiger partial charge in [-0.15, -0.1) is 0 Å². The number of aliphatic carboxylic acids is 1. The molecule has 0 saturated heterocycles. The van der Waals surface area contributed by atoms with Gasteiger partial charge >= 0.3 is 5.97 Å². The van der Waals surface area contributed by atoms with Crippen LogP contribution in [-0.2, 0) is 11.2 Å². The topological polar surface area (TPSA) is 68.0 Å². The van der Waals surface area contributed by atoms with Gasteiger partial charge < -0.3 is 5.11 Å². The van der Waals surface area contributed by atoms with E-state index >= 15 is 0 Å². The van der Waals surface area contributed by atoms with Crippen LogP contribution >= 0.6 is 11.6 Å². The number of pyridine rings is 1. The van der Waals surface area contributed by atoms with Crippen LogP contribution in [0.3, 0.4) is 0 Å². The summed E-state index contributed by atoms with van der Waals surface area (Å²) in [6.07, 6.45) is 4.79.